The number of urea groups is 1. The van der Waals surface area contributed by atoms with Crippen molar-refractivity contribution in [1.29, 1.82) is 0 Å². The third-order valence-corrected chi connectivity index (χ3v) is 3.77. The molecular formula is C16H24N4O. The fourth-order valence-corrected chi connectivity index (χ4v) is 2.32. The van der Waals surface area contributed by atoms with Gasteiger partial charge in [0.25, 0.3) is 0 Å². The molecule has 5 heteroatoms. The van der Waals surface area contributed by atoms with Crippen LogP contribution in [-0.4, -0.2) is 24.8 Å². The number of nitrogens with zero attached hydrogens (tertiary/aromatic N) is 3. The van der Waals surface area contributed by atoms with Crippen molar-refractivity contribution in [3.05, 3.63) is 30.3 Å². The first kappa shape index (κ1) is 15.5. The number of hydrogen-bond donors (Lipinski definition) is 1. The van der Waals surface area contributed by atoms with Gasteiger partial charge in [-0.2, -0.15) is 10.2 Å². The fraction of sp³-hybridized carbons (Fsp3) is 0.562. The van der Waals surface area contributed by atoms with Gasteiger partial charge >= 0.3 is 6.03 Å². The number of anilines is 1. The maximum atomic E-state index is 12.3. The number of carbonyl (C=O) groups excluding carboxylic acids is 1. The van der Waals surface area contributed by atoms with Crippen molar-refractivity contribution >= 4 is 11.7 Å². The summed E-state index contributed by atoms with van der Waals surface area (Å²) >= 11 is 0. The quantitative estimate of drug-likeness (QED) is 0.823. The molecule has 0 saturated heterocycles. The number of hydrogen-bond acceptors (Lipinski definition) is 3. The molecule has 1 fully saturated rings. The molecule has 1 saturated carbocycles. The van der Waals surface area contributed by atoms with E-state index in [0.717, 1.165) is 5.69 Å². The number of rotatable bonds is 5. The highest BCUT2D eigenvalue weighted by Crippen LogP contribution is 2.35. The monoisotopic (exact) mass is 288 g/mol. The normalized spacial score (nSPS) is 16.8. The number of carbonyl (C=O) groups is 1. The summed E-state index contributed by atoms with van der Waals surface area (Å²) in [5.41, 5.74) is 0.0739. The molecule has 1 N–H and O–H groups in total. The highest BCUT2D eigenvalue weighted by Gasteiger charge is 2.33. The number of nitrogens with one attached hydrogen (secondary N) is 1. The number of amides is 2. The third-order valence-electron chi connectivity index (χ3n) is 3.77. The van der Waals surface area contributed by atoms with Crippen molar-refractivity contribution in [1.82, 2.24) is 5.32 Å². The summed E-state index contributed by atoms with van der Waals surface area (Å²) in [6.07, 6.45) is 2.47. The van der Waals surface area contributed by atoms with Gasteiger partial charge in [-0.1, -0.05) is 18.2 Å². The van der Waals surface area contributed by atoms with Crippen LogP contribution in [0.5, 0.6) is 0 Å². The molecule has 2 amide bonds. The van der Waals surface area contributed by atoms with E-state index in [1.54, 1.807) is 11.9 Å². The maximum Gasteiger partial charge on any atom is 0.323 e. The highest BCUT2D eigenvalue weighted by molar-refractivity contribution is 5.93. The molecule has 114 valence electrons. The van der Waals surface area contributed by atoms with Gasteiger partial charge in [-0.05, 0) is 51.7 Å². The van der Waals surface area contributed by atoms with Crippen molar-refractivity contribution in [3.8, 4) is 0 Å². The lowest BCUT2D eigenvalue weighted by Crippen LogP contribution is -2.50. The number of azo groups is 1. The fourth-order valence-electron chi connectivity index (χ4n) is 2.32. The molecule has 1 atom stereocenters. The van der Waals surface area contributed by atoms with Gasteiger partial charge in [-0.15, -0.1) is 0 Å². The highest BCUT2D eigenvalue weighted by atomic mass is 16.2. The summed E-state index contributed by atoms with van der Waals surface area (Å²) in [7, 11) is 1.62. The second kappa shape index (κ2) is 6.24. The van der Waals surface area contributed by atoms with Gasteiger partial charge in [0, 0.05) is 12.7 Å². The second-order valence-electron chi connectivity index (χ2n) is 6.01. The van der Waals surface area contributed by atoms with Crippen LogP contribution in [0.15, 0.2) is 40.6 Å². The molecule has 0 aliphatic heterocycles. The van der Waals surface area contributed by atoms with E-state index >= 15 is 0 Å². The van der Waals surface area contributed by atoms with Gasteiger partial charge in [0.2, 0.25) is 0 Å². The molecule has 2 rings (SSSR count). The van der Waals surface area contributed by atoms with Crippen LogP contribution in [-0.2, 0) is 0 Å². The SMILES string of the molecule is CNC(=O)N(c1ccccc1)C(C)(C)N=NC(C)C1CC1. The largest absolute Gasteiger partial charge is 0.341 e. The number of para-hydroxylation sites is 1. The topological polar surface area (TPSA) is 57.1 Å². The van der Waals surface area contributed by atoms with E-state index in [4.69, 9.17) is 0 Å². The van der Waals surface area contributed by atoms with Crippen molar-refractivity contribution in [2.24, 2.45) is 16.1 Å². The van der Waals surface area contributed by atoms with Gasteiger partial charge in [0.05, 0.1) is 6.04 Å². The van der Waals surface area contributed by atoms with Crippen LogP contribution in [0, 0.1) is 5.92 Å². The van der Waals surface area contributed by atoms with E-state index in [-0.39, 0.29) is 12.1 Å². The van der Waals surface area contributed by atoms with Crippen molar-refractivity contribution < 1.29 is 4.79 Å². The molecule has 0 radical (unpaired) electrons. The molecule has 1 aromatic rings. The van der Waals surface area contributed by atoms with Gasteiger partial charge in [-0.25, -0.2) is 4.79 Å². The van der Waals surface area contributed by atoms with Gasteiger partial charge in [0.15, 0.2) is 5.66 Å². The second-order valence-corrected chi connectivity index (χ2v) is 6.01. The van der Waals surface area contributed by atoms with Crippen LogP contribution in [0.3, 0.4) is 0 Å². The Labute approximate surface area is 126 Å². The van der Waals surface area contributed by atoms with Crippen molar-refractivity contribution in [2.75, 3.05) is 11.9 Å². The van der Waals surface area contributed by atoms with Gasteiger partial charge in [-0.3, -0.25) is 4.90 Å². The van der Waals surface area contributed by atoms with Crippen LogP contribution >= 0.6 is 0 Å². The van der Waals surface area contributed by atoms with Crippen molar-refractivity contribution in [2.45, 2.75) is 45.3 Å². The molecular weight excluding hydrogens is 264 g/mol. The molecule has 1 aromatic carbocycles. The Morgan fingerprint density at radius 3 is 2.48 bits per heavy atom. The summed E-state index contributed by atoms with van der Waals surface area (Å²) in [6, 6.07) is 9.58. The van der Waals surface area contributed by atoms with Crippen LogP contribution in [0.25, 0.3) is 0 Å². The molecule has 1 aliphatic carbocycles. The molecule has 0 aromatic heterocycles. The predicted octanol–water partition coefficient (Wildman–Crippen LogP) is 3.82. The van der Waals surface area contributed by atoms with E-state index in [2.05, 4.69) is 22.5 Å². The van der Waals surface area contributed by atoms with Crippen molar-refractivity contribution in [3.63, 3.8) is 0 Å². The summed E-state index contributed by atoms with van der Waals surface area (Å²) in [5.74, 6) is 0.662. The van der Waals surface area contributed by atoms with Crippen LogP contribution in [0.1, 0.15) is 33.6 Å². The zero-order chi connectivity index (χ0) is 15.5. The molecule has 0 spiro atoms. The summed E-state index contributed by atoms with van der Waals surface area (Å²) < 4.78 is 0. The first-order chi connectivity index (χ1) is 9.95. The Morgan fingerprint density at radius 1 is 1.33 bits per heavy atom. The average molecular weight is 288 g/mol. The smallest absolute Gasteiger partial charge is 0.323 e. The van der Waals surface area contributed by atoms with E-state index in [1.807, 2.05) is 44.2 Å². The first-order valence-electron chi connectivity index (χ1n) is 7.44. The summed E-state index contributed by atoms with van der Waals surface area (Å²) in [5, 5.41) is 11.6. The van der Waals surface area contributed by atoms with E-state index in [1.165, 1.54) is 12.8 Å². The Morgan fingerprint density at radius 2 is 1.95 bits per heavy atom. The molecule has 0 bridgehead atoms. The Hall–Kier alpha value is -1.91. The first-order valence-corrected chi connectivity index (χ1v) is 7.44. The van der Waals surface area contributed by atoms with E-state index < -0.39 is 5.66 Å². The summed E-state index contributed by atoms with van der Waals surface area (Å²) in [4.78, 5) is 13.9. The van der Waals surface area contributed by atoms with Crippen LogP contribution in [0.2, 0.25) is 0 Å². The molecule has 5 nitrogen and oxygen atoms in total. The van der Waals surface area contributed by atoms with Gasteiger partial charge < -0.3 is 5.32 Å². The Balaban J connectivity index is 2.23. The average Bonchev–Trinajstić information content (AvgIpc) is 3.30. The third kappa shape index (κ3) is 3.80. The molecule has 1 aliphatic rings. The van der Waals surface area contributed by atoms with Crippen LogP contribution in [0.4, 0.5) is 10.5 Å². The lowest BCUT2D eigenvalue weighted by Gasteiger charge is -2.34. The molecule has 0 heterocycles. The zero-order valence-electron chi connectivity index (χ0n) is 13.2. The van der Waals surface area contributed by atoms with E-state index in [9.17, 15) is 4.79 Å². The lowest BCUT2D eigenvalue weighted by atomic mass is 10.1. The Bertz CT molecular complexity index is 508. The molecule has 21 heavy (non-hydrogen) atoms. The standard InChI is InChI=1S/C16H24N4O/c1-12(13-10-11-13)18-19-16(2,3)20(15(21)17-4)14-8-6-5-7-9-14/h5-9,12-13H,10-11H2,1-4H3,(H,17,21). The number of benzene rings is 1. The lowest BCUT2D eigenvalue weighted by molar-refractivity contribution is 0.241. The molecule has 1 unspecified atom stereocenters. The summed E-state index contributed by atoms with van der Waals surface area (Å²) in [6.45, 7) is 5.89. The zero-order valence-corrected chi connectivity index (χ0v) is 13.2. The van der Waals surface area contributed by atoms with Crippen LogP contribution < -0.4 is 10.2 Å². The maximum absolute atomic E-state index is 12.3. The predicted molar refractivity (Wildman–Crippen MR) is 84.5 cm³/mol. The minimum atomic E-state index is -0.732. The minimum Gasteiger partial charge on any atom is -0.341 e. The van der Waals surface area contributed by atoms with E-state index in [0.29, 0.717) is 5.92 Å². The van der Waals surface area contributed by atoms with Gasteiger partial charge in [0.1, 0.15) is 0 Å². The minimum absolute atomic E-state index is 0.191. The Kier molecular flexibility index (Phi) is 4.60.